The molecule has 0 atom stereocenters. The number of piperidine rings is 1. The number of benzene rings is 1. The summed E-state index contributed by atoms with van der Waals surface area (Å²) < 4.78 is 0. The van der Waals surface area contributed by atoms with E-state index in [9.17, 15) is 4.79 Å². The number of amides is 1. The highest BCUT2D eigenvalue weighted by atomic mass is 16.2. The molecule has 3 heteroatoms. The molecule has 0 saturated carbocycles. The highest BCUT2D eigenvalue weighted by molar-refractivity contribution is 5.88. The third kappa shape index (κ3) is 2.75. The van der Waals surface area contributed by atoms with E-state index < -0.39 is 0 Å². The van der Waals surface area contributed by atoms with Crippen LogP contribution in [0.25, 0.3) is 0 Å². The van der Waals surface area contributed by atoms with Crippen molar-refractivity contribution in [3.05, 3.63) is 47.5 Å². The molecule has 1 saturated heterocycles. The van der Waals surface area contributed by atoms with Gasteiger partial charge in [0.25, 0.3) is 0 Å². The first-order chi connectivity index (χ1) is 10.2. The second-order valence-electron chi connectivity index (χ2n) is 6.25. The van der Waals surface area contributed by atoms with Crippen molar-refractivity contribution in [1.29, 1.82) is 0 Å². The molecule has 2 aliphatic heterocycles. The Morgan fingerprint density at radius 3 is 2.52 bits per heavy atom. The minimum atomic E-state index is -0.328. The van der Waals surface area contributed by atoms with Crippen LogP contribution in [0, 0.1) is 0 Å². The minimum absolute atomic E-state index is 0.318. The summed E-state index contributed by atoms with van der Waals surface area (Å²) in [6.45, 7) is 5.63. The van der Waals surface area contributed by atoms with Crippen LogP contribution in [0.4, 0.5) is 0 Å². The van der Waals surface area contributed by atoms with Gasteiger partial charge >= 0.3 is 0 Å². The number of nitrogens with one attached hydrogen (secondary N) is 1. The smallest absolute Gasteiger partial charge is 0.233 e. The van der Waals surface area contributed by atoms with Gasteiger partial charge in [-0.2, -0.15) is 0 Å². The van der Waals surface area contributed by atoms with Gasteiger partial charge in [-0.05, 0) is 44.8 Å². The van der Waals surface area contributed by atoms with Crippen LogP contribution in [0.15, 0.2) is 42.0 Å². The lowest BCUT2D eigenvalue weighted by Gasteiger charge is -2.41. The summed E-state index contributed by atoms with van der Waals surface area (Å²) in [6, 6.07) is 10.4. The van der Waals surface area contributed by atoms with E-state index in [0.717, 1.165) is 45.4 Å². The summed E-state index contributed by atoms with van der Waals surface area (Å²) in [5, 5.41) is 3.39. The molecule has 2 heterocycles. The molecule has 1 N–H and O–H groups in total. The lowest BCUT2D eigenvalue weighted by Crippen LogP contribution is -2.53. The van der Waals surface area contributed by atoms with Gasteiger partial charge in [-0.1, -0.05) is 42.0 Å². The van der Waals surface area contributed by atoms with Gasteiger partial charge < -0.3 is 10.2 Å². The average Bonchev–Trinajstić information content (AvgIpc) is 2.56. The van der Waals surface area contributed by atoms with Crippen LogP contribution in [-0.4, -0.2) is 37.0 Å². The molecule has 0 aliphatic carbocycles. The zero-order chi connectivity index (χ0) is 14.7. The number of hydrogen-bond donors (Lipinski definition) is 1. The summed E-state index contributed by atoms with van der Waals surface area (Å²) in [6.07, 6.45) is 5.00. The van der Waals surface area contributed by atoms with Crippen LogP contribution >= 0.6 is 0 Å². The molecule has 1 fully saturated rings. The maximum atomic E-state index is 13.3. The van der Waals surface area contributed by atoms with Crippen LogP contribution in [-0.2, 0) is 10.2 Å². The Morgan fingerprint density at radius 2 is 1.90 bits per heavy atom. The van der Waals surface area contributed by atoms with Gasteiger partial charge in [0, 0.05) is 13.1 Å². The zero-order valence-corrected chi connectivity index (χ0v) is 12.8. The quantitative estimate of drug-likeness (QED) is 0.846. The molecule has 21 heavy (non-hydrogen) atoms. The van der Waals surface area contributed by atoms with Crippen molar-refractivity contribution in [2.24, 2.45) is 0 Å². The third-order valence-electron chi connectivity index (χ3n) is 4.92. The Hall–Kier alpha value is -1.61. The van der Waals surface area contributed by atoms with Gasteiger partial charge in [0.15, 0.2) is 0 Å². The van der Waals surface area contributed by atoms with E-state index >= 15 is 0 Å². The van der Waals surface area contributed by atoms with Crippen LogP contribution < -0.4 is 5.32 Å². The highest BCUT2D eigenvalue weighted by Gasteiger charge is 2.43. The zero-order valence-electron chi connectivity index (χ0n) is 12.8. The van der Waals surface area contributed by atoms with E-state index in [2.05, 4.69) is 30.4 Å². The molecule has 3 rings (SSSR count). The van der Waals surface area contributed by atoms with Crippen molar-refractivity contribution < 1.29 is 4.79 Å². The Morgan fingerprint density at radius 1 is 1.19 bits per heavy atom. The molecule has 1 aromatic carbocycles. The van der Waals surface area contributed by atoms with Gasteiger partial charge in [0.2, 0.25) is 5.91 Å². The Labute approximate surface area is 127 Å². The molecular formula is C18H24N2O. The predicted molar refractivity (Wildman–Crippen MR) is 85.2 cm³/mol. The van der Waals surface area contributed by atoms with E-state index in [1.165, 1.54) is 11.1 Å². The number of hydrogen-bond acceptors (Lipinski definition) is 2. The SMILES string of the molecule is CC1=CCN(C(=O)C2(c3ccccc3)CCNCC2)CC1. The molecule has 0 spiro atoms. The lowest BCUT2D eigenvalue weighted by molar-refractivity contribution is -0.138. The van der Waals surface area contributed by atoms with Crippen molar-refractivity contribution in [3.8, 4) is 0 Å². The van der Waals surface area contributed by atoms with Crippen LogP contribution in [0.1, 0.15) is 31.7 Å². The van der Waals surface area contributed by atoms with E-state index in [-0.39, 0.29) is 5.41 Å². The van der Waals surface area contributed by atoms with E-state index in [0.29, 0.717) is 5.91 Å². The Balaban J connectivity index is 1.91. The normalized spacial score (nSPS) is 21.8. The molecular weight excluding hydrogens is 260 g/mol. The molecule has 2 aliphatic rings. The van der Waals surface area contributed by atoms with Crippen molar-refractivity contribution >= 4 is 5.91 Å². The summed E-state index contributed by atoms with van der Waals surface area (Å²) in [5.41, 5.74) is 2.26. The number of rotatable bonds is 2. The number of carbonyl (C=O) groups is 1. The molecule has 0 aromatic heterocycles. The fourth-order valence-electron chi connectivity index (χ4n) is 3.49. The van der Waals surface area contributed by atoms with Crippen LogP contribution in [0.2, 0.25) is 0 Å². The van der Waals surface area contributed by atoms with E-state index in [1.54, 1.807) is 0 Å². The van der Waals surface area contributed by atoms with E-state index in [1.807, 2.05) is 23.1 Å². The first-order valence-corrected chi connectivity index (χ1v) is 7.94. The predicted octanol–water partition coefficient (Wildman–Crippen LogP) is 2.49. The van der Waals surface area contributed by atoms with Crippen molar-refractivity contribution in [2.45, 2.75) is 31.6 Å². The second-order valence-corrected chi connectivity index (χ2v) is 6.25. The molecule has 0 radical (unpaired) electrons. The van der Waals surface area contributed by atoms with Gasteiger partial charge in [0.1, 0.15) is 0 Å². The fraction of sp³-hybridized carbons (Fsp3) is 0.500. The monoisotopic (exact) mass is 284 g/mol. The molecule has 112 valence electrons. The van der Waals surface area contributed by atoms with Crippen molar-refractivity contribution in [1.82, 2.24) is 10.2 Å². The summed E-state index contributed by atoms with van der Waals surface area (Å²) in [4.78, 5) is 15.3. The summed E-state index contributed by atoms with van der Waals surface area (Å²) >= 11 is 0. The lowest BCUT2D eigenvalue weighted by atomic mass is 9.72. The topological polar surface area (TPSA) is 32.3 Å². The van der Waals surface area contributed by atoms with Crippen molar-refractivity contribution in [2.75, 3.05) is 26.2 Å². The Kier molecular flexibility index (Phi) is 4.11. The number of carbonyl (C=O) groups excluding carboxylic acids is 1. The molecule has 1 aromatic rings. The molecule has 0 unspecified atom stereocenters. The van der Waals surface area contributed by atoms with Crippen LogP contribution in [0.3, 0.4) is 0 Å². The van der Waals surface area contributed by atoms with Gasteiger partial charge in [-0.3, -0.25) is 4.79 Å². The maximum Gasteiger partial charge on any atom is 0.233 e. The Bertz CT molecular complexity index is 529. The highest BCUT2D eigenvalue weighted by Crippen LogP contribution is 2.36. The molecule has 1 amide bonds. The third-order valence-corrected chi connectivity index (χ3v) is 4.92. The second kappa shape index (κ2) is 6.02. The number of nitrogens with zero attached hydrogens (tertiary/aromatic N) is 1. The minimum Gasteiger partial charge on any atom is -0.338 e. The first kappa shape index (κ1) is 14.3. The van der Waals surface area contributed by atoms with Gasteiger partial charge in [0.05, 0.1) is 5.41 Å². The molecule has 0 bridgehead atoms. The van der Waals surface area contributed by atoms with Gasteiger partial charge in [-0.15, -0.1) is 0 Å². The van der Waals surface area contributed by atoms with Gasteiger partial charge in [-0.25, -0.2) is 0 Å². The largest absolute Gasteiger partial charge is 0.338 e. The summed E-state index contributed by atoms with van der Waals surface area (Å²) in [7, 11) is 0. The molecule has 3 nitrogen and oxygen atoms in total. The first-order valence-electron chi connectivity index (χ1n) is 7.94. The van der Waals surface area contributed by atoms with Crippen LogP contribution in [0.5, 0.6) is 0 Å². The standard InChI is InChI=1S/C18H24N2O/c1-15-7-13-20(14-8-15)17(21)18(9-11-19-12-10-18)16-5-3-2-4-6-16/h2-7,19H,8-14H2,1H3. The fourth-order valence-corrected chi connectivity index (χ4v) is 3.49. The summed E-state index contributed by atoms with van der Waals surface area (Å²) in [5.74, 6) is 0.318. The maximum absolute atomic E-state index is 13.3. The van der Waals surface area contributed by atoms with E-state index in [4.69, 9.17) is 0 Å². The van der Waals surface area contributed by atoms with Crippen molar-refractivity contribution in [3.63, 3.8) is 0 Å². The average molecular weight is 284 g/mol.